The van der Waals surface area contributed by atoms with E-state index in [-0.39, 0.29) is 0 Å². The minimum absolute atomic E-state index is 0.329. The highest BCUT2D eigenvalue weighted by Gasteiger charge is 2.19. The molecule has 2 heterocycles. The van der Waals surface area contributed by atoms with E-state index in [4.69, 9.17) is 16.3 Å². The molecule has 0 amide bonds. The van der Waals surface area contributed by atoms with Gasteiger partial charge in [-0.05, 0) is 25.7 Å². The summed E-state index contributed by atoms with van der Waals surface area (Å²) in [4.78, 5) is 13.2. The van der Waals surface area contributed by atoms with Crippen molar-refractivity contribution in [1.82, 2.24) is 19.5 Å². The van der Waals surface area contributed by atoms with E-state index in [1.165, 1.54) is 12.7 Å². The number of aryl methyl sites for hydroxylation is 1. The first-order valence-electron chi connectivity index (χ1n) is 7.40. The maximum absolute atomic E-state index is 5.92. The molecule has 1 unspecified atom stereocenters. The van der Waals surface area contributed by atoms with Gasteiger partial charge in [-0.3, -0.25) is 0 Å². The lowest BCUT2D eigenvalue weighted by molar-refractivity contribution is 0.401. The second-order valence-corrected chi connectivity index (χ2v) is 6.09. The van der Waals surface area contributed by atoms with Crippen LogP contribution in [0.1, 0.15) is 45.5 Å². The van der Waals surface area contributed by atoms with Crippen LogP contribution in [0.4, 0.5) is 0 Å². The normalized spacial score (nSPS) is 13.0. The number of hydrogen-bond donors (Lipinski definition) is 0. The first kappa shape index (κ1) is 16.0. The molecular formula is C15H23ClN4O. The van der Waals surface area contributed by atoms with Gasteiger partial charge in [-0.2, -0.15) is 4.98 Å². The number of alkyl halides is 1. The van der Waals surface area contributed by atoms with Gasteiger partial charge >= 0.3 is 0 Å². The van der Waals surface area contributed by atoms with Crippen molar-refractivity contribution >= 4 is 22.8 Å². The first-order chi connectivity index (χ1) is 10.1. The zero-order valence-corrected chi connectivity index (χ0v) is 13.9. The summed E-state index contributed by atoms with van der Waals surface area (Å²) < 4.78 is 7.48. The zero-order chi connectivity index (χ0) is 15.4. The Bertz CT molecular complexity index is 597. The number of fused-ring (bicyclic) bond motifs is 1. The number of hydrogen-bond acceptors (Lipinski definition) is 4. The Kier molecular flexibility index (Phi) is 5.39. The number of aromatic nitrogens is 4. The summed E-state index contributed by atoms with van der Waals surface area (Å²) in [5.41, 5.74) is 1.55. The van der Waals surface area contributed by atoms with Gasteiger partial charge in [0.1, 0.15) is 12.2 Å². The minimum atomic E-state index is 0.329. The molecule has 0 aliphatic rings. The van der Waals surface area contributed by atoms with Crippen molar-refractivity contribution in [3.63, 3.8) is 0 Å². The van der Waals surface area contributed by atoms with Gasteiger partial charge in [0.15, 0.2) is 11.2 Å². The molecule has 1 atom stereocenters. The average molecular weight is 311 g/mol. The molecule has 0 spiro atoms. The molecule has 2 aromatic heterocycles. The maximum Gasteiger partial charge on any atom is 0.245 e. The Hall–Kier alpha value is -1.36. The number of nitrogens with zero attached hydrogens (tertiary/aromatic N) is 4. The maximum atomic E-state index is 5.92. The van der Waals surface area contributed by atoms with E-state index in [9.17, 15) is 0 Å². The highest BCUT2D eigenvalue weighted by Crippen LogP contribution is 2.28. The third-order valence-corrected chi connectivity index (χ3v) is 3.82. The molecule has 0 fully saturated rings. The predicted molar refractivity (Wildman–Crippen MR) is 85.1 cm³/mol. The molecule has 116 valence electrons. The average Bonchev–Trinajstić information content (AvgIpc) is 2.83. The highest BCUT2D eigenvalue weighted by molar-refractivity contribution is 6.17. The van der Waals surface area contributed by atoms with Gasteiger partial charge in [-0.15, -0.1) is 11.6 Å². The summed E-state index contributed by atoms with van der Waals surface area (Å²) in [6.07, 6.45) is 4.50. The van der Waals surface area contributed by atoms with Crippen molar-refractivity contribution in [3.05, 3.63) is 12.2 Å². The van der Waals surface area contributed by atoms with E-state index in [1.54, 1.807) is 7.11 Å². The molecule has 0 aliphatic heterocycles. The SMILES string of the molecule is COc1ncnc2c1nc(CCCl)n2C(C)CCC(C)C. The van der Waals surface area contributed by atoms with Gasteiger partial charge in [0, 0.05) is 18.3 Å². The molecule has 0 radical (unpaired) electrons. The molecule has 0 bridgehead atoms. The lowest BCUT2D eigenvalue weighted by atomic mass is 10.0. The van der Waals surface area contributed by atoms with E-state index in [0.29, 0.717) is 30.1 Å². The Balaban J connectivity index is 2.45. The van der Waals surface area contributed by atoms with Gasteiger partial charge in [-0.25, -0.2) is 9.97 Å². The summed E-state index contributed by atoms with van der Waals surface area (Å²) in [6, 6.07) is 0.329. The third kappa shape index (κ3) is 3.46. The summed E-state index contributed by atoms with van der Waals surface area (Å²) in [5, 5.41) is 0. The number of imidazole rings is 1. The molecular weight excluding hydrogens is 288 g/mol. The molecule has 2 aromatic rings. The molecule has 21 heavy (non-hydrogen) atoms. The quantitative estimate of drug-likeness (QED) is 0.733. The van der Waals surface area contributed by atoms with Crippen LogP contribution >= 0.6 is 11.6 Å². The minimum Gasteiger partial charge on any atom is -0.479 e. The van der Waals surface area contributed by atoms with Crippen molar-refractivity contribution in [2.45, 2.75) is 46.1 Å². The van der Waals surface area contributed by atoms with Crippen molar-refractivity contribution in [3.8, 4) is 5.88 Å². The third-order valence-electron chi connectivity index (χ3n) is 3.63. The largest absolute Gasteiger partial charge is 0.479 e. The molecule has 6 heteroatoms. The molecule has 0 saturated heterocycles. The fraction of sp³-hybridized carbons (Fsp3) is 0.667. The number of methoxy groups -OCH3 is 1. The number of ether oxygens (including phenoxy) is 1. The van der Waals surface area contributed by atoms with Crippen LogP contribution in [-0.4, -0.2) is 32.5 Å². The van der Waals surface area contributed by atoms with Crippen LogP contribution in [0.25, 0.3) is 11.2 Å². The van der Waals surface area contributed by atoms with Gasteiger partial charge in [0.2, 0.25) is 5.88 Å². The fourth-order valence-corrected chi connectivity index (χ4v) is 2.68. The summed E-state index contributed by atoms with van der Waals surface area (Å²) in [6.45, 7) is 6.68. The second-order valence-electron chi connectivity index (χ2n) is 5.71. The second kappa shape index (κ2) is 7.07. The van der Waals surface area contributed by atoms with Crippen molar-refractivity contribution < 1.29 is 4.74 Å². The van der Waals surface area contributed by atoms with Gasteiger partial charge in [0.25, 0.3) is 0 Å². The van der Waals surface area contributed by atoms with Crippen molar-refractivity contribution in [2.75, 3.05) is 13.0 Å². The van der Waals surface area contributed by atoms with Crippen LogP contribution in [0.15, 0.2) is 6.33 Å². The Morgan fingerprint density at radius 1 is 1.24 bits per heavy atom. The molecule has 0 aliphatic carbocycles. The van der Waals surface area contributed by atoms with E-state index in [1.807, 2.05) is 0 Å². The van der Waals surface area contributed by atoms with E-state index < -0.39 is 0 Å². The van der Waals surface area contributed by atoms with Crippen LogP contribution in [0.3, 0.4) is 0 Å². The van der Waals surface area contributed by atoms with Crippen LogP contribution in [0.2, 0.25) is 0 Å². The zero-order valence-electron chi connectivity index (χ0n) is 13.1. The van der Waals surface area contributed by atoms with E-state index in [0.717, 1.165) is 23.4 Å². The molecule has 5 nitrogen and oxygen atoms in total. The standard InChI is InChI=1S/C15H23ClN4O/c1-10(2)5-6-11(3)20-12(7-8-16)19-13-14(20)17-9-18-15(13)21-4/h9-11H,5-8H2,1-4H3. The van der Waals surface area contributed by atoms with Gasteiger partial charge in [-0.1, -0.05) is 13.8 Å². The Morgan fingerprint density at radius 2 is 2.00 bits per heavy atom. The highest BCUT2D eigenvalue weighted by atomic mass is 35.5. The molecule has 2 rings (SSSR count). The molecule has 0 N–H and O–H groups in total. The lowest BCUT2D eigenvalue weighted by Crippen LogP contribution is -2.11. The van der Waals surface area contributed by atoms with Gasteiger partial charge in [0.05, 0.1) is 7.11 Å². The monoisotopic (exact) mass is 310 g/mol. The van der Waals surface area contributed by atoms with Gasteiger partial charge < -0.3 is 9.30 Å². The summed E-state index contributed by atoms with van der Waals surface area (Å²) in [7, 11) is 1.60. The number of halogens is 1. The van der Waals surface area contributed by atoms with Crippen LogP contribution in [-0.2, 0) is 6.42 Å². The number of rotatable bonds is 7. The van der Waals surface area contributed by atoms with Crippen LogP contribution < -0.4 is 4.74 Å². The predicted octanol–water partition coefficient (Wildman–Crippen LogP) is 3.61. The molecule has 0 aromatic carbocycles. The lowest BCUT2D eigenvalue weighted by Gasteiger charge is -2.17. The summed E-state index contributed by atoms with van der Waals surface area (Å²) >= 11 is 5.92. The van der Waals surface area contributed by atoms with Crippen LogP contribution in [0, 0.1) is 5.92 Å². The summed E-state index contributed by atoms with van der Waals surface area (Å²) in [5.74, 6) is 2.69. The smallest absolute Gasteiger partial charge is 0.245 e. The Morgan fingerprint density at radius 3 is 2.62 bits per heavy atom. The Labute approximate surface area is 130 Å². The molecule has 0 saturated carbocycles. The van der Waals surface area contributed by atoms with Crippen molar-refractivity contribution in [1.29, 1.82) is 0 Å². The fourth-order valence-electron chi connectivity index (χ4n) is 2.51. The van der Waals surface area contributed by atoms with Crippen LogP contribution in [0.5, 0.6) is 5.88 Å². The first-order valence-corrected chi connectivity index (χ1v) is 7.93. The van der Waals surface area contributed by atoms with Crippen molar-refractivity contribution in [2.24, 2.45) is 5.92 Å². The topological polar surface area (TPSA) is 52.8 Å². The van der Waals surface area contributed by atoms with E-state index in [2.05, 4.69) is 40.3 Å². The van der Waals surface area contributed by atoms with E-state index >= 15 is 0 Å².